The van der Waals surface area contributed by atoms with Gasteiger partial charge in [0.05, 0.1) is 12.8 Å². The van der Waals surface area contributed by atoms with Gasteiger partial charge >= 0.3 is 0 Å². The molecule has 0 spiro atoms. The molecule has 0 saturated carbocycles. The third kappa shape index (κ3) is 2.98. The average Bonchev–Trinajstić information content (AvgIpc) is 2.88. The summed E-state index contributed by atoms with van der Waals surface area (Å²) in [4.78, 5) is 3.88. The first kappa shape index (κ1) is 13.7. The van der Waals surface area contributed by atoms with Gasteiger partial charge in [0.15, 0.2) is 5.03 Å². The van der Waals surface area contributed by atoms with Crippen LogP contribution in [0.5, 0.6) is 0 Å². The topological polar surface area (TPSA) is 108 Å². The molecular formula is C11H14N4O3S. The van der Waals surface area contributed by atoms with Crippen LogP contribution < -0.4 is 4.72 Å². The summed E-state index contributed by atoms with van der Waals surface area (Å²) in [7, 11) is -3.76. The number of aliphatic hydroxyl groups excluding tert-OH is 1. The molecule has 0 radical (unpaired) electrons. The molecule has 0 amide bonds. The van der Waals surface area contributed by atoms with E-state index in [4.69, 9.17) is 5.11 Å². The van der Waals surface area contributed by atoms with Crippen LogP contribution in [0.2, 0.25) is 0 Å². The summed E-state index contributed by atoms with van der Waals surface area (Å²) < 4.78 is 26.8. The standard InChI is InChI=1S/C11H14N4O3S/c1-8(9-2-4-12-5-3-9)15-19(17,18)11-10(7-16)6-13-14-11/h2-6,8,15-16H,7H2,1H3,(H,13,14). The van der Waals surface area contributed by atoms with E-state index in [-0.39, 0.29) is 10.6 Å². The lowest BCUT2D eigenvalue weighted by atomic mass is 10.1. The summed E-state index contributed by atoms with van der Waals surface area (Å²) in [6.07, 6.45) is 4.47. The van der Waals surface area contributed by atoms with Gasteiger partial charge < -0.3 is 5.11 Å². The Bertz CT molecular complexity index is 639. The van der Waals surface area contributed by atoms with Gasteiger partial charge in [-0.1, -0.05) is 0 Å². The van der Waals surface area contributed by atoms with Crippen molar-refractivity contribution >= 4 is 10.0 Å². The van der Waals surface area contributed by atoms with Gasteiger partial charge in [-0.25, -0.2) is 13.1 Å². The summed E-state index contributed by atoms with van der Waals surface area (Å²) >= 11 is 0. The van der Waals surface area contributed by atoms with Gasteiger partial charge in [0, 0.05) is 24.0 Å². The van der Waals surface area contributed by atoms with Crippen molar-refractivity contribution < 1.29 is 13.5 Å². The number of pyridine rings is 1. The SMILES string of the molecule is CC(NS(=O)(=O)c1[nH]ncc1CO)c1ccncc1. The Kier molecular flexibility index (Phi) is 3.93. The van der Waals surface area contributed by atoms with Crippen molar-refractivity contribution in [2.45, 2.75) is 24.6 Å². The van der Waals surface area contributed by atoms with Gasteiger partial charge in [-0.2, -0.15) is 5.10 Å². The van der Waals surface area contributed by atoms with E-state index in [0.717, 1.165) is 5.56 Å². The maximum atomic E-state index is 12.1. The maximum absolute atomic E-state index is 12.1. The normalized spacial score (nSPS) is 13.4. The first-order valence-corrected chi connectivity index (χ1v) is 7.08. The molecule has 0 aliphatic carbocycles. The van der Waals surface area contributed by atoms with Crippen LogP contribution in [0, 0.1) is 0 Å². The third-order valence-electron chi connectivity index (χ3n) is 2.66. The van der Waals surface area contributed by atoms with Crippen molar-refractivity contribution in [3.05, 3.63) is 41.9 Å². The Morgan fingerprint density at radius 1 is 1.42 bits per heavy atom. The molecule has 0 aliphatic rings. The first-order chi connectivity index (χ1) is 9.04. The molecule has 0 aliphatic heterocycles. The predicted octanol–water partition coefficient (Wildman–Crippen LogP) is 0.336. The lowest BCUT2D eigenvalue weighted by Gasteiger charge is -2.14. The van der Waals surface area contributed by atoms with Crippen molar-refractivity contribution in [1.29, 1.82) is 0 Å². The summed E-state index contributed by atoms with van der Waals surface area (Å²) in [5, 5.41) is 15.0. The van der Waals surface area contributed by atoms with Crippen molar-refractivity contribution in [2.24, 2.45) is 0 Å². The fourth-order valence-electron chi connectivity index (χ4n) is 1.66. The average molecular weight is 282 g/mol. The molecule has 0 fully saturated rings. The zero-order chi connectivity index (χ0) is 13.9. The quantitative estimate of drug-likeness (QED) is 0.732. The first-order valence-electron chi connectivity index (χ1n) is 5.60. The van der Waals surface area contributed by atoms with E-state index in [1.807, 2.05) is 0 Å². The molecule has 2 rings (SSSR count). The number of hydrogen-bond donors (Lipinski definition) is 3. The fraction of sp³-hybridized carbons (Fsp3) is 0.273. The van der Waals surface area contributed by atoms with Crippen LogP contribution in [0.4, 0.5) is 0 Å². The van der Waals surface area contributed by atoms with Gasteiger partial charge in [-0.3, -0.25) is 10.1 Å². The largest absolute Gasteiger partial charge is 0.392 e. The zero-order valence-electron chi connectivity index (χ0n) is 10.2. The number of nitrogens with one attached hydrogen (secondary N) is 2. The molecule has 8 heteroatoms. The van der Waals surface area contributed by atoms with Crippen molar-refractivity contribution in [3.63, 3.8) is 0 Å². The number of sulfonamides is 1. The molecule has 102 valence electrons. The Morgan fingerprint density at radius 3 is 2.74 bits per heavy atom. The highest BCUT2D eigenvalue weighted by atomic mass is 32.2. The van der Waals surface area contributed by atoms with Crippen LogP contribution in [-0.4, -0.2) is 28.7 Å². The minimum atomic E-state index is -3.76. The van der Waals surface area contributed by atoms with E-state index >= 15 is 0 Å². The fourth-order valence-corrected chi connectivity index (χ4v) is 3.01. The van der Waals surface area contributed by atoms with Gasteiger partial charge in [0.2, 0.25) is 0 Å². The Labute approximate surface area is 110 Å². The molecule has 1 atom stereocenters. The molecule has 0 aromatic carbocycles. The highest BCUT2D eigenvalue weighted by Crippen LogP contribution is 2.17. The van der Waals surface area contributed by atoms with Crippen molar-refractivity contribution in [2.75, 3.05) is 0 Å². The molecule has 7 nitrogen and oxygen atoms in total. The number of aliphatic hydroxyl groups is 1. The lowest BCUT2D eigenvalue weighted by molar-refractivity contribution is 0.278. The molecular weight excluding hydrogens is 268 g/mol. The van der Waals surface area contributed by atoms with E-state index in [1.54, 1.807) is 31.5 Å². The Morgan fingerprint density at radius 2 is 2.11 bits per heavy atom. The second-order valence-electron chi connectivity index (χ2n) is 4.01. The van der Waals surface area contributed by atoms with Crippen LogP contribution in [-0.2, 0) is 16.6 Å². The number of H-pyrrole nitrogens is 1. The van der Waals surface area contributed by atoms with Crippen LogP contribution in [0.25, 0.3) is 0 Å². The van der Waals surface area contributed by atoms with Gasteiger partial charge in [0.25, 0.3) is 10.0 Å². The summed E-state index contributed by atoms with van der Waals surface area (Å²) in [5.41, 5.74) is 1.03. The maximum Gasteiger partial charge on any atom is 0.258 e. The monoisotopic (exact) mass is 282 g/mol. The highest BCUT2D eigenvalue weighted by molar-refractivity contribution is 7.89. The van der Waals surface area contributed by atoms with Crippen molar-refractivity contribution in [1.82, 2.24) is 19.9 Å². The Hall–Kier alpha value is -1.77. The van der Waals surface area contributed by atoms with Crippen LogP contribution >= 0.6 is 0 Å². The second kappa shape index (κ2) is 5.47. The highest BCUT2D eigenvalue weighted by Gasteiger charge is 2.23. The summed E-state index contributed by atoms with van der Waals surface area (Å²) in [5.74, 6) is 0. The van der Waals surface area contributed by atoms with Crippen LogP contribution in [0.3, 0.4) is 0 Å². The number of aromatic nitrogens is 3. The summed E-state index contributed by atoms with van der Waals surface area (Å²) in [6.45, 7) is 1.33. The van der Waals surface area contributed by atoms with E-state index < -0.39 is 22.7 Å². The van der Waals surface area contributed by atoms with E-state index in [1.165, 1.54) is 6.20 Å². The number of rotatable bonds is 5. The second-order valence-corrected chi connectivity index (χ2v) is 5.66. The van der Waals surface area contributed by atoms with Crippen LogP contribution in [0.15, 0.2) is 35.7 Å². The number of nitrogens with zero attached hydrogens (tertiary/aromatic N) is 2. The smallest absolute Gasteiger partial charge is 0.258 e. The van der Waals surface area contributed by atoms with Crippen molar-refractivity contribution in [3.8, 4) is 0 Å². The number of aromatic amines is 1. The molecule has 2 aromatic rings. The predicted molar refractivity (Wildman–Crippen MR) is 67.5 cm³/mol. The zero-order valence-corrected chi connectivity index (χ0v) is 11.1. The molecule has 2 aromatic heterocycles. The summed E-state index contributed by atoms with van der Waals surface area (Å²) in [6, 6.07) is 3.04. The van der Waals surface area contributed by atoms with Gasteiger partial charge in [-0.15, -0.1) is 0 Å². The van der Waals surface area contributed by atoms with Gasteiger partial charge in [-0.05, 0) is 24.6 Å². The lowest BCUT2D eigenvalue weighted by Crippen LogP contribution is -2.28. The van der Waals surface area contributed by atoms with E-state index in [2.05, 4.69) is 19.9 Å². The minimum Gasteiger partial charge on any atom is -0.392 e. The minimum absolute atomic E-state index is 0.115. The molecule has 1 unspecified atom stereocenters. The van der Waals surface area contributed by atoms with Gasteiger partial charge in [0.1, 0.15) is 0 Å². The Balaban J connectivity index is 2.23. The molecule has 3 N–H and O–H groups in total. The number of hydrogen-bond acceptors (Lipinski definition) is 5. The molecule has 0 saturated heterocycles. The molecule has 2 heterocycles. The van der Waals surface area contributed by atoms with E-state index in [9.17, 15) is 8.42 Å². The third-order valence-corrected chi connectivity index (χ3v) is 4.21. The van der Waals surface area contributed by atoms with Crippen LogP contribution in [0.1, 0.15) is 24.1 Å². The van der Waals surface area contributed by atoms with E-state index in [0.29, 0.717) is 0 Å². The molecule has 19 heavy (non-hydrogen) atoms. The molecule has 0 bridgehead atoms.